The first-order valence-electron chi connectivity index (χ1n) is 5.70. The van der Waals surface area contributed by atoms with Crippen molar-refractivity contribution < 1.29 is 9.21 Å². The van der Waals surface area contributed by atoms with Crippen molar-refractivity contribution >= 4 is 55.1 Å². The van der Waals surface area contributed by atoms with Gasteiger partial charge in [0.25, 0.3) is 5.91 Å². The van der Waals surface area contributed by atoms with Crippen molar-refractivity contribution in [2.75, 3.05) is 12.4 Å². The molecule has 0 saturated heterocycles. The van der Waals surface area contributed by atoms with Crippen molar-refractivity contribution in [2.24, 2.45) is 0 Å². The summed E-state index contributed by atoms with van der Waals surface area (Å²) in [5.41, 5.74) is 1.22. The van der Waals surface area contributed by atoms with Crippen LogP contribution in [0.15, 0.2) is 37.8 Å². The molecule has 2 rings (SSSR count). The third-order valence-corrected chi connectivity index (χ3v) is 4.64. The van der Waals surface area contributed by atoms with Crippen molar-refractivity contribution in [1.82, 2.24) is 5.32 Å². The zero-order valence-corrected chi connectivity index (χ0v) is 14.4. The van der Waals surface area contributed by atoms with Gasteiger partial charge in [-0.3, -0.25) is 4.79 Å². The van der Waals surface area contributed by atoms with Gasteiger partial charge in [0.05, 0.1) is 21.6 Å². The number of hydrogen-bond donors (Lipinski definition) is 2. The molecule has 1 amide bonds. The summed E-state index contributed by atoms with van der Waals surface area (Å²) < 4.78 is 6.97. The predicted molar refractivity (Wildman–Crippen MR) is 86.3 cm³/mol. The normalized spacial score (nSPS) is 10.4. The topological polar surface area (TPSA) is 54.3 Å². The number of nitrogens with one attached hydrogen (secondary N) is 2. The fraction of sp³-hybridized carbons (Fsp3) is 0.154. The van der Waals surface area contributed by atoms with Crippen molar-refractivity contribution in [3.05, 3.63) is 49.8 Å². The molecular formula is C13H11Br2ClN2O2. The summed E-state index contributed by atoms with van der Waals surface area (Å²) >= 11 is 12.6. The van der Waals surface area contributed by atoms with Crippen molar-refractivity contribution in [2.45, 2.75) is 6.54 Å². The highest BCUT2D eigenvalue weighted by molar-refractivity contribution is 9.13. The van der Waals surface area contributed by atoms with Crippen LogP contribution in [-0.4, -0.2) is 13.0 Å². The molecule has 0 unspecified atom stereocenters. The number of anilines is 1. The Morgan fingerprint density at radius 2 is 2.10 bits per heavy atom. The second-order valence-electron chi connectivity index (χ2n) is 3.96. The van der Waals surface area contributed by atoms with E-state index in [1.54, 1.807) is 19.2 Å². The van der Waals surface area contributed by atoms with E-state index in [4.69, 9.17) is 16.0 Å². The highest BCUT2D eigenvalue weighted by atomic mass is 79.9. The predicted octanol–water partition coefficient (Wildman–Crippen LogP) is 4.43. The molecule has 0 aliphatic carbocycles. The zero-order chi connectivity index (χ0) is 14.7. The third kappa shape index (κ3) is 3.56. The van der Waals surface area contributed by atoms with Gasteiger partial charge >= 0.3 is 0 Å². The third-order valence-electron chi connectivity index (χ3n) is 2.60. The first-order valence-corrected chi connectivity index (χ1v) is 7.67. The van der Waals surface area contributed by atoms with Crippen LogP contribution in [0.5, 0.6) is 0 Å². The fourth-order valence-electron chi connectivity index (χ4n) is 1.61. The number of amides is 1. The van der Waals surface area contributed by atoms with Gasteiger partial charge in [-0.25, -0.2) is 0 Å². The second-order valence-corrected chi connectivity index (χ2v) is 5.94. The number of halogens is 3. The molecule has 4 nitrogen and oxygen atoms in total. The van der Waals surface area contributed by atoms with Crippen LogP contribution in [0.25, 0.3) is 0 Å². The van der Waals surface area contributed by atoms with E-state index in [0.717, 1.165) is 15.9 Å². The summed E-state index contributed by atoms with van der Waals surface area (Å²) in [6.45, 7) is 0.499. The highest BCUT2D eigenvalue weighted by Crippen LogP contribution is 2.27. The Hall–Kier alpha value is -0.980. The Balaban J connectivity index is 2.12. The Morgan fingerprint density at radius 3 is 2.70 bits per heavy atom. The molecule has 1 aromatic carbocycles. The lowest BCUT2D eigenvalue weighted by atomic mass is 10.2. The Bertz CT molecular complexity index is 624. The Morgan fingerprint density at radius 1 is 1.35 bits per heavy atom. The average Bonchev–Trinajstić information content (AvgIpc) is 2.76. The van der Waals surface area contributed by atoms with E-state index in [1.807, 2.05) is 12.1 Å². The minimum absolute atomic E-state index is 0.220. The van der Waals surface area contributed by atoms with Crippen LogP contribution >= 0.6 is 43.5 Å². The van der Waals surface area contributed by atoms with Crippen molar-refractivity contribution in [3.8, 4) is 0 Å². The summed E-state index contributed by atoms with van der Waals surface area (Å²) in [5.74, 6) is 0.544. The molecule has 0 spiro atoms. The maximum absolute atomic E-state index is 11.7. The Labute approximate surface area is 138 Å². The first kappa shape index (κ1) is 15.4. The van der Waals surface area contributed by atoms with Crippen LogP contribution in [0.4, 0.5) is 5.69 Å². The maximum Gasteiger partial charge on any atom is 0.252 e. The van der Waals surface area contributed by atoms with Gasteiger partial charge in [0.1, 0.15) is 5.76 Å². The number of furan rings is 1. The van der Waals surface area contributed by atoms with Gasteiger partial charge in [0, 0.05) is 12.7 Å². The van der Waals surface area contributed by atoms with Gasteiger partial charge in [-0.2, -0.15) is 0 Å². The van der Waals surface area contributed by atoms with Crippen LogP contribution in [0.3, 0.4) is 0 Å². The van der Waals surface area contributed by atoms with E-state index in [0.29, 0.717) is 21.8 Å². The van der Waals surface area contributed by atoms with E-state index in [-0.39, 0.29) is 5.91 Å². The molecule has 1 aromatic heterocycles. The lowest BCUT2D eigenvalue weighted by molar-refractivity contribution is 0.0963. The Kier molecular flexibility index (Phi) is 5.12. The van der Waals surface area contributed by atoms with Gasteiger partial charge in [-0.05, 0) is 56.1 Å². The molecule has 106 valence electrons. The minimum atomic E-state index is -0.220. The monoisotopic (exact) mass is 420 g/mol. The number of carbonyl (C=O) groups excluding carboxylic acids is 1. The lowest BCUT2D eigenvalue weighted by Gasteiger charge is -2.08. The van der Waals surface area contributed by atoms with Gasteiger partial charge < -0.3 is 15.1 Å². The quantitative estimate of drug-likeness (QED) is 0.767. The zero-order valence-electron chi connectivity index (χ0n) is 10.5. The summed E-state index contributed by atoms with van der Waals surface area (Å²) in [6.07, 6.45) is 0. The maximum atomic E-state index is 11.7. The van der Waals surface area contributed by atoms with Gasteiger partial charge in [-0.15, -0.1) is 0 Å². The van der Waals surface area contributed by atoms with E-state index in [1.165, 1.54) is 0 Å². The van der Waals surface area contributed by atoms with E-state index >= 15 is 0 Å². The fourth-order valence-corrected chi connectivity index (χ4v) is 2.47. The SMILES string of the molecule is CNC(=O)c1cc(NCc2cc(Br)c(Br)o2)ccc1Cl. The smallest absolute Gasteiger partial charge is 0.252 e. The molecule has 20 heavy (non-hydrogen) atoms. The molecule has 0 aliphatic heterocycles. The summed E-state index contributed by atoms with van der Waals surface area (Å²) in [6, 6.07) is 7.06. The van der Waals surface area contributed by atoms with Gasteiger partial charge in [0.15, 0.2) is 4.67 Å². The summed E-state index contributed by atoms with van der Waals surface area (Å²) in [5, 5.41) is 6.14. The molecule has 0 radical (unpaired) electrons. The summed E-state index contributed by atoms with van der Waals surface area (Å²) in [7, 11) is 1.57. The van der Waals surface area contributed by atoms with Gasteiger partial charge in [-0.1, -0.05) is 11.6 Å². The molecule has 0 fully saturated rings. The number of rotatable bonds is 4. The second kappa shape index (κ2) is 6.65. The van der Waals surface area contributed by atoms with Gasteiger partial charge in [0.2, 0.25) is 0 Å². The molecule has 0 atom stereocenters. The average molecular weight is 423 g/mol. The van der Waals surface area contributed by atoms with Crippen LogP contribution in [-0.2, 0) is 6.54 Å². The number of carbonyl (C=O) groups is 1. The van der Waals surface area contributed by atoms with E-state index in [9.17, 15) is 4.79 Å². The molecular weight excluding hydrogens is 411 g/mol. The number of benzene rings is 1. The van der Waals surface area contributed by atoms with Crippen molar-refractivity contribution in [3.63, 3.8) is 0 Å². The van der Waals surface area contributed by atoms with E-state index < -0.39 is 0 Å². The first-order chi connectivity index (χ1) is 9.51. The molecule has 0 aliphatic rings. The molecule has 2 N–H and O–H groups in total. The molecule has 1 heterocycles. The standard InChI is InChI=1S/C13H11Br2ClN2O2/c1-17-13(19)9-4-7(2-3-11(9)16)18-6-8-5-10(14)12(15)20-8/h2-5,18H,6H2,1H3,(H,17,19). The van der Waals surface area contributed by atoms with Crippen LogP contribution in [0.1, 0.15) is 16.1 Å². The van der Waals surface area contributed by atoms with E-state index in [2.05, 4.69) is 42.5 Å². The molecule has 0 saturated carbocycles. The van der Waals surface area contributed by atoms with Crippen LogP contribution < -0.4 is 10.6 Å². The molecule has 2 aromatic rings. The summed E-state index contributed by atoms with van der Waals surface area (Å²) in [4.78, 5) is 11.7. The molecule has 7 heteroatoms. The van der Waals surface area contributed by atoms with Crippen LogP contribution in [0, 0.1) is 0 Å². The largest absolute Gasteiger partial charge is 0.451 e. The highest BCUT2D eigenvalue weighted by Gasteiger charge is 2.10. The molecule has 0 bridgehead atoms. The van der Waals surface area contributed by atoms with Crippen LogP contribution in [0.2, 0.25) is 5.02 Å². The van der Waals surface area contributed by atoms with Crippen molar-refractivity contribution in [1.29, 1.82) is 0 Å². The number of hydrogen-bond acceptors (Lipinski definition) is 3. The minimum Gasteiger partial charge on any atom is -0.451 e. The lowest BCUT2D eigenvalue weighted by Crippen LogP contribution is -2.18.